The molecule has 20 heavy (non-hydrogen) atoms. The van der Waals surface area contributed by atoms with Crippen LogP contribution in [0.3, 0.4) is 0 Å². The molecule has 0 bridgehead atoms. The molecule has 1 aromatic heterocycles. The van der Waals surface area contributed by atoms with Gasteiger partial charge >= 0.3 is 0 Å². The standard InChI is InChI=1S/C15H19N3O2/c1-15(2,3)16-9-13-17-14(18-20-13)12-8-10-6-4-5-7-11(10)19-12/h4-7,12,16H,8-9H2,1-3H3. The molecule has 1 aliphatic heterocycles. The first-order valence-corrected chi connectivity index (χ1v) is 6.83. The SMILES string of the molecule is CC(C)(C)NCc1nc(C2Cc3ccccc3O2)no1. The van der Waals surface area contributed by atoms with E-state index in [1.54, 1.807) is 0 Å². The van der Waals surface area contributed by atoms with Crippen molar-refractivity contribution in [2.75, 3.05) is 0 Å². The van der Waals surface area contributed by atoms with E-state index in [1.165, 1.54) is 5.56 Å². The Kier molecular flexibility index (Phi) is 3.22. The van der Waals surface area contributed by atoms with Crippen molar-refractivity contribution in [2.24, 2.45) is 0 Å². The lowest BCUT2D eigenvalue weighted by Crippen LogP contribution is -2.35. The van der Waals surface area contributed by atoms with E-state index >= 15 is 0 Å². The van der Waals surface area contributed by atoms with E-state index in [1.807, 2.05) is 18.2 Å². The second kappa shape index (κ2) is 4.90. The third-order valence-electron chi connectivity index (χ3n) is 3.19. The van der Waals surface area contributed by atoms with Gasteiger partial charge in [0.05, 0.1) is 6.54 Å². The van der Waals surface area contributed by atoms with Crippen LogP contribution in [0.4, 0.5) is 0 Å². The van der Waals surface area contributed by atoms with Gasteiger partial charge in [-0.05, 0) is 32.4 Å². The van der Waals surface area contributed by atoms with Crippen LogP contribution in [0.5, 0.6) is 5.75 Å². The zero-order chi connectivity index (χ0) is 14.2. The van der Waals surface area contributed by atoms with Gasteiger partial charge in [0.1, 0.15) is 5.75 Å². The maximum Gasteiger partial charge on any atom is 0.240 e. The Morgan fingerprint density at radius 2 is 2.10 bits per heavy atom. The number of hydrogen-bond acceptors (Lipinski definition) is 5. The first-order chi connectivity index (χ1) is 9.51. The molecule has 1 aliphatic rings. The van der Waals surface area contributed by atoms with Crippen LogP contribution in [0.2, 0.25) is 0 Å². The van der Waals surface area contributed by atoms with Gasteiger partial charge in [0, 0.05) is 12.0 Å². The summed E-state index contributed by atoms with van der Waals surface area (Å²) in [5.41, 5.74) is 1.21. The summed E-state index contributed by atoms with van der Waals surface area (Å²) in [4.78, 5) is 4.41. The summed E-state index contributed by atoms with van der Waals surface area (Å²) in [6.45, 7) is 6.86. The lowest BCUT2D eigenvalue weighted by Gasteiger charge is -2.18. The average Bonchev–Trinajstić information content (AvgIpc) is 3.01. The molecule has 1 aromatic carbocycles. The topological polar surface area (TPSA) is 60.2 Å². The number of fused-ring (bicyclic) bond motifs is 1. The molecule has 3 rings (SSSR count). The van der Waals surface area contributed by atoms with Crippen molar-refractivity contribution in [1.82, 2.24) is 15.5 Å². The summed E-state index contributed by atoms with van der Waals surface area (Å²) in [6.07, 6.45) is 0.654. The Hall–Kier alpha value is -1.88. The summed E-state index contributed by atoms with van der Waals surface area (Å²) in [7, 11) is 0. The fraction of sp³-hybridized carbons (Fsp3) is 0.467. The predicted octanol–water partition coefficient (Wildman–Crippen LogP) is 2.63. The molecule has 2 aromatic rings. The molecule has 0 aliphatic carbocycles. The van der Waals surface area contributed by atoms with Gasteiger partial charge in [0.2, 0.25) is 11.7 Å². The molecule has 0 amide bonds. The van der Waals surface area contributed by atoms with Crippen LogP contribution in [-0.2, 0) is 13.0 Å². The van der Waals surface area contributed by atoms with Gasteiger partial charge in [-0.3, -0.25) is 0 Å². The molecule has 1 atom stereocenters. The van der Waals surface area contributed by atoms with Crippen molar-refractivity contribution in [1.29, 1.82) is 0 Å². The molecule has 0 fully saturated rings. The van der Waals surface area contributed by atoms with Crippen LogP contribution >= 0.6 is 0 Å². The highest BCUT2D eigenvalue weighted by molar-refractivity contribution is 5.37. The van der Waals surface area contributed by atoms with Crippen LogP contribution < -0.4 is 10.1 Å². The first-order valence-electron chi connectivity index (χ1n) is 6.83. The molecule has 1 unspecified atom stereocenters. The van der Waals surface area contributed by atoms with E-state index < -0.39 is 0 Å². The summed E-state index contributed by atoms with van der Waals surface area (Å²) in [6, 6.07) is 8.02. The molecule has 5 heteroatoms. The Balaban J connectivity index is 1.67. The number of benzene rings is 1. The summed E-state index contributed by atoms with van der Waals surface area (Å²) in [5, 5.41) is 7.35. The van der Waals surface area contributed by atoms with Gasteiger partial charge in [0.15, 0.2) is 6.10 Å². The number of nitrogens with one attached hydrogen (secondary N) is 1. The quantitative estimate of drug-likeness (QED) is 0.931. The van der Waals surface area contributed by atoms with Crippen LogP contribution in [0.25, 0.3) is 0 Å². The van der Waals surface area contributed by atoms with Crippen molar-refractivity contribution in [2.45, 2.75) is 45.4 Å². The maximum absolute atomic E-state index is 5.85. The van der Waals surface area contributed by atoms with Gasteiger partial charge in [-0.25, -0.2) is 0 Å². The molecule has 0 spiro atoms. The first kappa shape index (κ1) is 13.1. The van der Waals surface area contributed by atoms with E-state index in [2.05, 4.69) is 42.3 Å². The van der Waals surface area contributed by atoms with E-state index in [0.717, 1.165) is 12.2 Å². The maximum atomic E-state index is 5.85. The van der Waals surface area contributed by atoms with Crippen molar-refractivity contribution < 1.29 is 9.26 Å². The zero-order valence-electron chi connectivity index (χ0n) is 12.0. The van der Waals surface area contributed by atoms with Crippen molar-refractivity contribution in [3.63, 3.8) is 0 Å². The molecular weight excluding hydrogens is 254 g/mol. The second-order valence-electron chi connectivity index (χ2n) is 6.07. The zero-order valence-corrected chi connectivity index (χ0v) is 12.0. The molecule has 0 saturated carbocycles. The Labute approximate surface area is 118 Å². The van der Waals surface area contributed by atoms with Gasteiger partial charge < -0.3 is 14.6 Å². The molecule has 2 heterocycles. The fourth-order valence-corrected chi connectivity index (χ4v) is 2.14. The van der Waals surface area contributed by atoms with E-state index in [4.69, 9.17) is 9.26 Å². The number of rotatable bonds is 3. The van der Waals surface area contributed by atoms with E-state index in [0.29, 0.717) is 18.3 Å². The molecule has 1 N–H and O–H groups in total. The number of nitrogens with zero attached hydrogens (tertiary/aromatic N) is 2. The monoisotopic (exact) mass is 273 g/mol. The minimum Gasteiger partial charge on any atom is -0.482 e. The van der Waals surface area contributed by atoms with Crippen molar-refractivity contribution >= 4 is 0 Å². The largest absolute Gasteiger partial charge is 0.482 e. The highest BCUT2D eigenvalue weighted by Crippen LogP contribution is 2.35. The Morgan fingerprint density at radius 1 is 1.30 bits per heavy atom. The fourth-order valence-electron chi connectivity index (χ4n) is 2.14. The number of ether oxygens (including phenoxy) is 1. The number of para-hydroxylation sites is 1. The average molecular weight is 273 g/mol. The minimum absolute atomic E-state index is 0.0225. The summed E-state index contributed by atoms with van der Waals surface area (Å²) >= 11 is 0. The second-order valence-corrected chi connectivity index (χ2v) is 6.07. The van der Waals surface area contributed by atoms with Gasteiger partial charge in [-0.1, -0.05) is 23.4 Å². The van der Waals surface area contributed by atoms with Crippen LogP contribution in [0.15, 0.2) is 28.8 Å². The number of aromatic nitrogens is 2. The normalized spacial score (nSPS) is 17.9. The van der Waals surface area contributed by atoms with Gasteiger partial charge in [0.25, 0.3) is 0 Å². The third kappa shape index (κ3) is 2.82. The predicted molar refractivity (Wildman–Crippen MR) is 74.4 cm³/mol. The smallest absolute Gasteiger partial charge is 0.240 e. The lowest BCUT2D eigenvalue weighted by molar-refractivity contribution is 0.220. The van der Waals surface area contributed by atoms with Crippen molar-refractivity contribution in [3.8, 4) is 5.75 Å². The summed E-state index contributed by atoms with van der Waals surface area (Å²) in [5.74, 6) is 2.12. The van der Waals surface area contributed by atoms with E-state index in [-0.39, 0.29) is 11.6 Å². The molecule has 106 valence electrons. The van der Waals surface area contributed by atoms with E-state index in [9.17, 15) is 0 Å². The van der Waals surface area contributed by atoms with Crippen LogP contribution in [0, 0.1) is 0 Å². The van der Waals surface area contributed by atoms with Crippen LogP contribution in [0.1, 0.15) is 44.2 Å². The van der Waals surface area contributed by atoms with Crippen LogP contribution in [-0.4, -0.2) is 15.7 Å². The van der Waals surface area contributed by atoms with Crippen molar-refractivity contribution in [3.05, 3.63) is 41.5 Å². The molecule has 0 radical (unpaired) electrons. The number of hydrogen-bond donors (Lipinski definition) is 1. The highest BCUT2D eigenvalue weighted by atomic mass is 16.5. The Bertz CT molecular complexity index is 576. The minimum atomic E-state index is -0.139. The molecule has 5 nitrogen and oxygen atoms in total. The highest BCUT2D eigenvalue weighted by Gasteiger charge is 2.28. The van der Waals surface area contributed by atoms with Gasteiger partial charge in [-0.2, -0.15) is 4.98 Å². The molecular formula is C15H19N3O2. The van der Waals surface area contributed by atoms with Gasteiger partial charge in [-0.15, -0.1) is 0 Å². The summed E-state index contributed by atoms with van der Waals surface area (Å²) < 4.78 is 11.1. The molecule has 0 saturated heterocycles. The third-order valence-corrected chi connectivity index (χ3v) is 3.19. The Morgan fingerprint density at radius 3 is 2.85 bits per heavy atom. The lowest BCUT2D eigenvalue weighted by atomic mass is 10.1.